The van der Waals surface area contributed by atoms with E-state index in [0.717, 1.165) is 116 Å². The first-order chi connectivity index (χ1) is 38.4. The molecule has 3 unspecified atom stereocenters. The molecule has 1 amide bonds. The number of phosphoric acid groups is 1. The van der Waals surface area contributed by atoms with E-state index in [9.17, 15) is 19.0 Å². The Bertz CT molecular complexity index is 1630. The molecule has 458 valence electrons. The van der Waals surface area contributed by atoms with Gasteiger partial charge in [-0.05, 0) is 83.1 Å². The molecule has 0 radical (unpaired) electrons. The van der Waals surface area contributed by atoms with E-state index in [2.05, 4.69) is 99.0 Å². The van der Waals surface area contributed by atoms with Crippen LogP contribution in [0.3, 0.4) is 0 Å². The van der Waals surface area contributed by atoms with Crippen molar-refractivity contribution in [3.8, 4) is 0 Å². The van der Waals surface area contributed by atoms with E-state index < -0.39 is 26.6 Å². The quantitative estimate of drug-likeness (QED) is 0.0212. The van der Waals surface area contributed by atoms with Crippen molar-refractivity contribution >= 4 is 19.7 Å². The van der Waals surface area contributed by atoms with Crippen molar-refractivity contribution in [2.45, 2.75) is 303 Å². The SMILES string of the molecule is CC/C=C\C/C=C\C/C=C\C/C=C\C/C=C\C/C=C\CCCCCCCCC(=O)OC(/C=C/CCCCCCCCCCC)C(COP(=O)([O-])OCC[N+](C)(C)C)NC(=O)CCCCCCCCCCCCCCCCCCC. The Morgan fingerprint density at radius 3 is 1.22 bits per heavy atom. The highest BCUT2D eigenvalue weighted by molar-refractivity contribution is 7.45. The highest BCUT2D eigenvalue weighted by Gasteiger charge is 2.27. The van der Waals surface area contributed by atoms with Crippen LogP contribution in [0.4, 0.5) is 0 Å². The van der Waals surface area contributed by atoms with Gasteiger partial charge in [-0.1, -0.05) is 280 Å². The Morgan fingerprint density at radius 2 is 0.810 bits per heavy atom. The molecule has 10 heteroatoms. The summed E-state index contributed by atoms with van der Waals surface area (Å²) in [7, 11) is 1.17. The molecule has 0 aromatic rings. The third-order valence-electron chi connectivity index (χ3n) is 14.3. The molecule has 0 fully saturated rings. The highest BCUT2D eigenvalue weighted by atomic mass is 31.2. The first kappa shape index (κ1) is 76.2. The molecule has 0 heterocycles. The van der Waals surface area contributed by atoms with E-state index in [0.29, 0.717) is 23.9 Å². The minimum absolute atomic E-state index is 0.0266. The molecular formula is C69H125N2O7P. The molecule has 9 nitrogen and oxygen atoms in total. The van der Waals surface area contributed by atoms with Crippen molar-refractivity contribution in [2.24, 2.45) is 0 Å². The van der Waals surface area contributed by atoms with Crippen molar-refractivity contribution in [1.29, 1.82) is 0 Å². The highest BCUT2D eigenvalue weighted by Crippen LogP contribution is 2.38. The molecule has 0 saturated heterocycles. The third-order valence-corrected chi connectivity index (χ3v) is 15.3. The molecule has 0 rings (SSSR count). The van der Waals surface area contributed by atoms with Gasteiger partial charge in [-0.3, -0.25) is 14.2 Å². The van der Waals surface area contributed by atoms with Crippen LogP contribution in [0, 0.1) is 0 Å². The number of likely N-dealkylation sites (N-methyl/N-ethyl adjacent to an activating group) is 1. The van der Waals surface area contributed by atoms with Crippen molar-refractivity contribution < 1.29 is 37.3 Å². The topological polar surface area (TPSA) is 114 Å². The zero-order valence-corrected chi connectivity index (χ0v) is 53.2. The van der Waals surface area contributed by atoms with Gasteiger partial charge in [0.1, 0.15) is 19.3 Å². The van der Waals surface area contributed by atoms with Crippen LogP contribution in [0.15, 0.2) is 85.1 Å². The van der Waals surface area contributed by atoms with Crippen molar-refractivity contribution in [1.82, 2.24) is 5.32 Å². The molecule has 0 spiro atoms. The van der Waals surface area contributed by atoms with Crippen LogP contribution in [0.2, 0.25) is 0 Å². The van der Waals surface area contributed by atoms with Crippen LogP contribution >= 0.6 is 7.82 Å². The molecule has 0 aliphatic heterocycles. The van der Waals surface area contributed by atoms with E-state index in [-0.39, 0.29) is 24.9 Å². The summed E-state index contributed by atoms with van der Waals surface area (Å²) in [5.41, 5.74) is 0. The first-order valence-corrected chi connectivity index (χ1v) is 34.4. The van der Waals surface area contributed by atoms with Gasteiger partial charge in [0.25, 0.3) is 7.82 Å². The molecule has 0 bridgehead atoms. The van der Waals surface area contributed by atoms with Gasteiger partial charge < -0.3 is 28.5 Å². The monoisotopic (exact) mass is 1120 g/mol. The Morgan fingerprint density at radius 1 is 0.456 bits per heavy atom. The second kappa shape index (κ2) is 58.4. The van der Waals surface area contributed by atoms with Gasteiger partial charge in [0.2, 0.25) is 5.91 Å². The number of hydrogen-bond donors (Lipinski definition) is 1. The maximum absolute atomic E-state index is 13.5. The fourth-order valence-corrected chi connectivity index (χ4v) is 10.0. The lowest BCUT2D eigenvalue weighted by Crippen LogP contribution is -2.47. The smallest absolute Gasteiger partial charge is 0.306 e. The third kappa shape index (κ3) is 59.6. The lowest BCUT2D eigenvalue weighted by molar-refractivity contribution is -0.870. The number of carbonyl (C=O) groups excluding carboxylic acids is 2. The predicted molar refractivity (Wildman–Crippen MR) is 339 cm³/mol. The summed E-state index contributed by atoms with van der Waals surface area (Å²) < 4.78 is 30.3. The van der Waals surface area contributed by atoms with Crippen LogP contribution in [0.5, 0.6) is 0 Å². The number of esters is 1. The largest absolute Gasteiger partial charge is 0.756 e. The number of amides is 1. The first-order valence-electron chi connectivity index (χ1n) is 32.9. The van der Waals surface area contributed by atoms with Gasteiger partial charge in [0.05, 0.1) is 33.8 Å². The average Bonchev–Trinajstić information content (AvgIpc) is 3.41. The number of quaternary nitrogens is 1. The fourth-order valence-electron chi connectivity index (χ4n) is 9.29. The van der Waals surface area contributed by atoms with Gasteiger partial charge in [-0.15, -0.1) is 0 Å². The summed E-state index contributed by atoms with van der Waals surface area (Å²) in [6.45, 7) is 6.73. The standard InChI is InChI=1S/C69H125N2O7P/c1-7-10-13-16-19-22-25-27-29-31-32-33-34-35-36-37-38-40-42-44-47-50-53-56-59-62-69(73)78-67(60-57-54-51-48-45-24-21-18-15-12-9-3)66(65-77-79(74,75)76-64-63-71(4,5)6)70-68(72)61-58-55-52-49-46-43-41-39-30-28-26-23-20-17-14-11-8-2/h10,13,19,22,27,29,32-33,35-36,38,40,57,60,66-67H,7-9,11-12,14-18,20-21,23-26,28,30-31,34,37,39,41-56,58-59,61-65H2,1-6H3,(H-,70,72,74,75)/b13-10-,22-19-,29-27-,33-32-,36-35-,40-38-,60-57+. The van der Waals surface area contributed by atoms with Crippen molar-refractivity contribution in [2.75, 3.05) is 40.9 Å². The van der Waals surface area contributed by atoms with Gasteiger partial charge >= 0.3 is 5.97 Å². The molecule has 0 aliphatic rings. The van der Waals surface area contributed by atoms with E-state index in [1.807, 2.05) is 33.3 Å². The molecule has 3 atom stereocenters. The van der Waals surface area contributed by atoms with Crippen LogP contribution in [0.25, 0.3) is 0 Å². The Hall–Kier alpha value is -2.81. The molecule has 1 N–H and O–H groups in total. The zero-order chi connectivity index (χ0) is 57.9. The number of allylic oxidation sites excluding steroid dienone is 13. The Kier molecular flexibility index (Phi) is 56.3. The number of nitrogens with one attached hydrogen (secondary N) is 1. The molecule has 0 saturated carbocycles. The summed E-state index contributed by atoms with van der Waals surface area (Å²) in [6, 6.07) is -0.896. The van der Waals surface area contributed by atoms with Crippen LogP contribution in [-0.2, 0) is 27.9 Å². The fraction of sp³-hybridized carbons (Fsp3) is 0.768. The van der Waals surface area contributed by atoms with Crippen LogP contribution < -0.4 is 10.2 Å². The van der Waals surface area contributed by atoms with Crippen molar-refractivity contribution in [3.05, 3.63) is 85.1 Å². The summed E-state index contributed by atoms with van der Waals surface area (Å²) in [5, 5.41) is 3.03. The van der Waals surface area contributed by atoms with E-state index in [4.69, 9.17) is 13.8 Å². The summed E-state index contributed by atoms with van der Waals surface area (Å²) in [5.74, 6) is -0.553. The molecule has 0 aliphatic carbocycles. The summed E-state index contributed by atoms with van der Waals surface area (Å²) >= 11 is 0. The van der Waals surface area contributed by atoms with E-state index >= 15 is 0 Å². The number of nitrogens with zero attached hydrogens (tertiary/aromatic N) is 1. The minimum atomic E-state index is -4.70. The lowest BCUT2D eigenvalue weighted by atomic mass is 10.0. The zero-order valence-electron chi connectivity index (χ0n) is 52.3. The molecule has 0 aromatic heterocycles. The van der Waals surface area contributed by atoms with E-state index in [1.54, 1.807) is 0 Å². The molecule has 79 heavy (non-hydrogen) atoms. The van der Waals surface area contributed by atoms with E-state index in [1.165, 1.54) is 135 Å². The van der Waals surface area contributed by atoms with Gasteiger partial charge in [-0.2, -0.15) is 0 Å². The normalized spacial score (nSPS) is 14.2. The van der Waals surface area contributed by atoms with Crippen molar-refractivity contribution in [3.63, 3.8) is 0 Å². The lowest BCUT2D eigenvalue weighted by Gasteiger charge is -2.30. The maximum Gasteiger partial charge on any atom is 0.306 e. The second-order valence-corrected chi connectivity index (χ2v) is 24.7. The van der Waals surface area contributed by atoms with Gasteiger partial charge in [0, 0.05) is 12.8 Å². The predicted octanol–water partition coefficient (Wildman–Crippen LogP) is 19.9. The number of phosphoric ester groups is 1. The number of rotatable bonds is 59. The minimum Gasteiger partial charge on any atom is -0.756 e. The molecular weight excluding hydrogens is 1000 g/mol. The van der Waals surface area contributed by atoms with Crippen LogP contribution in [-0.4, -0.2) is 69.4 Å². The Labute approximate surface area is 488 Å². The summed E-state index contributed by atoms with van der Waals surface area (Å²) in [4.78, 5) is 40.0. The van der Waals surface area contributed by atoms with Crippen LogP contribution in [0.1, 0.15) is 290 Å². The summed E-state index contributed by atoms with van der Waals surface area (Å²) in [6.07, 6.45) is 76.9. The number of ether oxygens (including phenoxy) is 1. The number of unbranched alkanes of at least 4 members (excludes halogenated alkanes) is 31. The maximum atomic E-state index is 13.5. The Balaban J connectivity index is 5.15. The van der Waals surface area contributed by atoms with Gasteiger partial charge in [-0.25, -0.2) is 0 Å². The van der Waals surface area contributed by atoms with Gasteiger partial charge in [0.15, 0.2) is 0 Å². The number of hydrogen-bond acceptors (Lipinski definition) is 7. The average molecular weight is 1130 g/mol. The number of carbonyl (C=O) groups is 2. The molecule has 0 aromatic carbocycles. The second-order valence-electron chi connectivity index (χ2n) is 23.2.